The third-order valence-electron chi connectivity index (χ3n) is 5.82. The Kier molecular flexibility index (Phi) is 6.24. The van der Waals surface area contributed by atoms with Gasteiger partial charge >= 0.3 is 0 Å². The van der Waals surface area contributed by atoms with Crippen molar-refractivity contribution >= 4 is 22.8 Å². The Morgan fingerprint density at radius 1 is 1.09 bits per heavy atom. The number of anilines is 2. The number of methoxy groups -OCH3 is 1. The molecule has 2 aromatic carbocycles. The Morgan fingerprint density at radius 3 is 2.62 bits per heavy atom. The lowest BCUT2D eigenvalue weighted by Gasteiger charge is -2.26. The second-order valence-electron chi connectivity index (χ2n) is 7.95. The fourth-order valence-electron chi connectivity index (χ4n) is 4.06. The molecule has 5 rings (SSSR count). The molecule has 1 aliphatic rings. The summed E-state index contributed by atoms with van der Waals surface area (Å²) < 4.78 is 26.0. The van der Waals surface area contributed by atoms with Crippen molar-refractivity contribution in [3.05, 3.63) is 54.3 Å². The third kappa shape index (κ3) is 4.37. The lowest BCUT2D eigenvalue weighted by Crippen LogP contribution is -2.39. The van der Waals surface area contributed by atoms with Crippen LogP contribution in [-0.4, -0.2) is 71.2 Å². The zero-order valence-corrected chi connectivity index (χ0v) is 18.9. The third-order valence-corrected chi connectivity index (χ3v) is 5.82. The van der Waals surface area contributed by atoms with Crippen molar-refractivity contribution in [3.63, 3.8) is 0 Å². The summed E-state index contributed by atoms with van der Waals surface area (Å²) in [6, 6.07) is 13.6. The van der Waals surface area contributed by atoms with Crippen LogP contribution in [0.25, 0.3) is 28.0 Å². The predicted molar refractivity (Wildman–Crippen MR) is 129 cm³/mol. The van der Waals surface area contributed by atoms with Gasteiger partial charge in [0.15, 0.2) is 5.65 Å². The van der Waals surface area contributed by atoms with Gasteiger partial charge in [0.25, 0.3) is 0 Å². The summed E-state index contributed by atoms with van der Waals surface area (Å²) in [5, 5.41) is 8.55. The van der Waals surface area contributed by atoms with Crippen molar-refractivity contribution in [1.29, 1.82) is 0 Å². The SMILES string of the molecule is COc1ccccc1-c1nc(NCCN2CCOCC2)nc2nn(-c3ccc(F)cc3)c(N)c12. The fraction of sp³-hybridized carbons (Fsp3) is 0.292. The first-order valence-corrected chi connectivity index (χ1v) is 11.1. The van der Waals surface area contributed by atoms with Crippen molar-refractivity contribution in [1.82, 2.24) is 24.6 Å². The van der Waals surface area contributed by atoms with E-state index in [2.05, 4.69) is 20.3 Å². The number of nitrogen functional groups attached to an aromatic ring is 1. The number of fused-ring (bicyclic) bond motifs is 1. The van der Waals surface area contributed by atoms with Gasteiger partial charge < -0.3 is 20.5 Å². The van der Waals surface area contributed by atoms with Gasteiger partial charge in [-0.2, -0.15) is 4.98 Å². The largest absolute Gasteiger partial charge is 0.496 e. The molecular formula is C24H26FN7O2. The molecule has 0 aliphatic carbocycles. The summed E-state index contributed by atoms with van der Waals surface area (Å²) in [5.74, 6) is 1.14. The highest BCUT2D eigenvalue weighted by Gasteiger charge is 2.21. The standard InChI is InChI=1S/C24H26FN7O2/c1-33-19-5-3-2-4-18(19)21-20-22(26)32(17-8-6-16(25)7-9-17)30-23(20)29-24(28-21)27-10-11-31-12-14-34-15-13-31/h2-9H,10-15,26H2,1H3,(H,27,29,30). The van der Waals surface area contributed by atoms with E-state index in [1.54, 1.807) is 23.9 Å². The molecule has 4 aromatic rings. The van der Waals surface area contributed by atoms with E-state index >= 15 is 0 Å². The molecule has 3 N–H and O–H groups in total. The second-order valence-corrected chi connectivity index (χ2v) is 7.95. The first-order chi connectivity index (χ1) is 16.6. The first kappa shape index (κ1) is 22.1. The number of ether oxygens (including phenoxy) is 2. The Balaban J connectivity index is 1.56. The Labute approximate surface area is 196 Å². The van der Waals surface area contributed by atoms with Crippen LogP contribution in [0.5, 0.6) is 5.75 Å². The van der Waals surface area contributed by atoms with E-state index in [0.29, 0.717) is 46.5 Å². The molecule has 0 bridgehead atoms. The number of halogens is 1. The van der Waals surface area contributed by atoms with E-state index in [9.17, 15) is 4.39 Å². The van der Waals surface area contributed by atoms with Crippen LogP contribution in [0.15, 0.2) is 48.5 Å². The number of morpholine rings is 1. The maximum atomic E-state index is 13.5. The molecule has 9 nitrogen and oxygen atoms in total. The van der Waals surface area contributed by atoms with Crippen LogP contribution in [0.1, 0.15) is 0 Å². The number of nitrogens with one attached hydrogen (secondary N) is 1. The van der Waals surface area contributed by atoms with E-state index in [4.69, 9.17) is 20.2 Å². The van der Waals surface area contributed by atoms with E-state index in [1.807, 2.05) is 24.3 Å². The number of aromatic nitrogens is 4. The lowest BCUT2D eigenvalue weighted by molar-refractivity contribution is 0.0398. The minimum Gasteiger partial charge on any atom is -0.496 e. The Hall–Kier alpha value is -3.76. The van der Waals surface area contributed by atoms with Gasteiger partial charge in [0, 0.05) is 31.7 Å². The zero-order chi connectivity index (χ0) is 23.5. The monoisotopic (exact) mass is 463 g/mol. The van der Waals surface area contributed by atoms with E-state index in [0.717, 1.165) is 38.4 Å². The number of nitrogens with zero attached hydrogens (tertiary/aromatic N) is 5. The molecule has 0 spiro atoms. The van der Waals surface area contributed by atoms with Crippen LogP contribution >= 0.6 is 0 Å². The average molecular weight is 464 g/mol. The Bertz CT molecular complexity index is 1290. The molecule has 176 valence electrons. The summed E-state index contributed by atoms with van der Waals surface area (Å²) in [6.45, 7) is 4.84. The molecule has 3 heterocycles. The first-order valence-electron chi connectivity index (χ1n) is 11.1. The number of rotatable bonds is 7. The molecule has 0 atom stereocenters. The van der Waals surface area contributed by atoms with Gasteiger partial charge in [-0.25, -0.2) is 14.1 Å². The molecule has 0 unspecified atom stereocenters. The average Bonchev–Trinajstić information content (AvgIpc) is 3.21. The van der Waals surface area contributed by atoms with Crippen molar-refractivity contribution in [2.24, 2.45) is 0 Å². The summed E-state index contributed by atoms with van der Waals surface area (Å²) >= 11 is 0. The molecule has 1 aliphatic heterocycles. The highest BCUT2D eigenvalue weighted by Crippen LogP contribution is 2.37. The van der Waals surface area contributed by atoms with Gasteiger partial charge in [-0.3, -0.25) is 4.90 Å². The summed E-state index contributed by atoms with van der Waals surface area (Å²) in [6.07, 6.45) is 0. The van der Waals surface area contributed by atoms with Crippen LogP contribution in [0.2, 0.25) is 0 Å². The predicted octanol–water partition coefficient (Wildman–Crippen LogP) is 2.96. The molecular weight excluding hydrogens is 437 g/mol. The second kappa shape index (κ2) is 9.62. The summed E-state index contributed by atoms with van der Waals surface area (Å²) in [7, 11) is 1.62. The van der Waals surface area contributed by atoms with Crippen LogP contribution in [-0.2, 0) is 4.74 Å². The number of hydrogen-bond acceptors (Lipinski definition) is 8. The van der Waals surface area contributed by atoms with Gasteiger partial charge in [-0.05, 0) is 36.4 Å². The van der Waals surface area contributed by atoms with Crippen LogP contribution in [0, 0.1) is 5.82 Å². The van der Waals surface area contributed by atoms with Gasteiger partial charge in [0.2, 0.25) is 5.95 Å². The molecule has 0 saturated carbocycles. The van der Waals surface area contributed by atoms with Crippen molar-refractivity contribution in [2.75, 3.05) is 57.6 Å². The van der Waals surface area contributed by atoms with E-state index < -0.39 is 0 Å². The normalized spacial score (nSPS) is 14.4. The number of benzene rings is 2. The molecule has 1 fully saturated rings. The maximum Gasteiger partial charge on any atom is 0.225 e. The van der Waals surface area contributed by atoms with Crippen molar-refractivity contribution in [3.8, 4) is 22.7 Å². The number of nitrogens with two attached hydrogens (primary N) is 1. The van der Waals surface area contributed by atoms with Crippen molar-refractivity contribution < 1.29 is 13.9 Å². The van der Waals surface area contributed by atoms with Crippen molar-refractivity contribution in [2.45, 2.75) is 0 Å². The Morgan fingerprint density at radius 2 is 1.85 bits per heavy atom. The molecule has 0 amide bonds. The van der Waals surface area contributed by atoms with E-state index in [-0.39, 0.29) is 5.82 Å². The summed E-state index contributed by atoms with van der Waals surface area (Å²) in [5.41, 5.74) is 8.99. The number of para-hydroxylation sites is 1. The van der Waals surface area contributed by atoms with Gasteiger partial charge in [0.05, 0.1) is 37.1 Å². The van der Waals surface area contributed by atoms with E-state index in [1.165, 1.54) is 12.1 Å². The minimum absolute atomic E-state index is 0.333. The highest BCUT2D eigenvalue weighted by atomic mass is 19.1. The summed E-state index contributed by atoms with van der Waals surface area (Å²) in [4.78, 5) is 11.8. The molecule has 10 heteroatoms. The lowest BCUT2D eigenvalue weighted by atomic mass is 10.1. The van der Waals surface area contributed by atoms with Crippen LogP contribution in [0.3, 0.4) is 0 Å². The maximum absolute atomic E-state index is 13.5. The molecule has 0 radical (unpaired) electrons. The van der Waals surface area contributed by atoms with Gasteiger partial charge in [0.1, 0.15) is 17.4 Å². The zero-order valence-electron chi connectivity index (χ0n) is 18.9. The minimum atomic E-state index is -0.333. The smallest absolute Gasteiger partial charge is 0.225 e. The van der Waals surface area contributed by atoms with Crippen LogP contribution in [0.4, 0.5) is 16.2 Å². The molecule has 1 saturated heterocycles. The topological polar surface area (TPSA) is 103 Å². The molecule has 2 aromatic heterocycles. The number of hydrogen-bond donors (Lipinski definition) is 2. The molecule has 34 heavy (non-hydrogen) atoms. The van der Waals surface area contributed by atoms with Crippen LogP contribution < -0.4 is 15.8 Å². The highest BCUT2D eigenvalue weighted by molar-refractivity contribution is 6.00. The fourth-order valence-corrected chi connectivity index (χ4v) is 4.06. The van der Waals surface area contributed by atoms with Gasteiger partial charge in [-0.1, -0.05) is 12.1 Å². The van der Waals surface area contributed by atoms with Gasteiger partial charge in [-0.15, -0.1) is 5.10 Å². The quantitative estimate of drug-likeness (QED) is 0.431.